The van der Waals surface area contributed by atoms with E-state index in [2.05, 4.69) is 10.4 Å². The summed E-state index contributed by atoms with van der Waals surface area (Å²) < 4.78 is 20.0. The average Bonchev–Trinajstić information content (AvgIpc) is 3.08. The third-order valence-corrected chi connectivity index (χ3v) is 5.63. The van der Waals surface area contributed by atoms with Crippen molar-refractivity contribution >= 4 is 29.1 Å². The molecule has 0 spiro atoms. The van der Waals surface area contributed by atoms with Crippen LogP contribution in [0.25, 0.3) is 0 Å². The third kappa shape index (κ3) is 4.66. The Morgan fingerprint density at radius 2 is 1.81 bits per heavy atom. The Hall–Kier alpha value is -3.23. The van der Waals surface area contributed by atoms with Gasteiger partial charge in [-0.1, -0.05) is 35.9 Å². The number of rotatable bonds is 5. The zero-order chi connectivity index (χ0) is 22.7. The van der Waals surface area contributed by atoms with Gasteiger partial charge in [0.25, 0.3) is 11.8 Å². The van der Waals surface area contributed by atoms with Crippen LogP contribution in [0, 0.1) is 12.7 Å². The Bertz CT molecular complexity index is 1140. The molecule has 0 saturated carbocycles. The van der Waals surface area contributed by atoms with E-state index in [4.69, 9.17) is 16.3 Å². The molecule has 32 heavy (non-hydrogen) atoms. The Labute approximate surface area is 189 Å². The van der Waals surface area contributed by atoms with Crippen molar-refractivity contribution in [3.63, 3.8) is 0 Å². The van der Waals surface area contributed by atoms with Crippen molar-refractivity contribution in [1.29, 1.82) is 0 Å². The second kappa shape index (κ2) is 9.50. The fourth-order valence-electron chi connectivity index (χ4n) is 3.58. The predicted octanol–water partition coefficient (Wildman–Crippen LogP) is 3.76. The summed E-state index contributed by atoms with van der Waals surface area (Å²) in [7, 11) is 0. The number of halogens is 2. The summed E-state index contributed by atoms with van der Waals surface area (Å²) in [4.78, 5) is 27.7. The van der Waals surface area contributed by atoms with Crippen LogP contribution in [-0.4, -0.2) is 52.8 Å². The summed E-state index contributed by atoms with van der Waals surface area (Å²) in [5, 5.41) is 7.34. The molecule has 2 amide bonds. The van der Waals surface area contributed by atoms with Crippen LogP contribution in [0.15, 0.2) is 48.5 Å². The Morgan fingerprint density at radius 3 is 2.53 bits per heavy atom. The minimum absolute atomic E-state index is 0.168. The summed E-state index contributed by atoms with van der Waals surface area (Å²) >= 11 is 6.47. The molecule has 2 aromatic carbocycles. The van der Waals surface area contributed by atoms with Crippen LogP contribution in [0.1, 0.15) is 32.0 Å². The molecular formula is C23H22ClFN4O3. The minimum Gasteiger partial charge on any atom is -0.378 e. The number of anilines is 1. The van der Waals surface area contributed by atoms with Gasteiger partial charge in [-0.2, -0.15) is 5.10 Å². The molecule has 0 unspecified atom stereocenters. The van der Waals surface area contributed by atoms with Gasteiger partial charge in [0.15, 0.2) is 0 Å². The number of carbonyl (C=O) groups is 2. The highest BCUT2D eigenvalue weighted by atomic mass is 35.5. The quantitative estimate of drug-likeness (QED) is 0.634. The first-order valence-corrected chi connectivity index (χ1v) is 10.6. The molecule has 1 aliphatic rings. The van der Waals surface area contributed by atoms with Crippen molar-refractivity contribution in [3.05, 3.63) is 81.9 Å². The van der Waals surface area contributed by atoms with Gasteiger partial charge in [-0.25, -0.2) is 9.07 Å². The summed E-state index contributed by atoms with van der Waals surface area (Å²) in [6, 6.07) is 12.8. The van der Waals surface area contributed by atoms with Crippen molar-refractivity contribution in [2.45, 2.75) is 13.5 Å². The fourth-order valence-corrected chi connectivity index (χ4v) is 3.90. The lowest BCUT2D eigenvalue weighted by Crippen LogP contribution is -2.41. The number of morpholine rings is 1. The van der Waals surface area contributed by atoms with Crippen LogP contribution in [0.3, 0.4) is 0 Å². The predicted molar refractivity (Wildman–Crippen MR) is 119 cm³/mol. The van der Waals surface area contributed by atoms with Crippen LogP contribution in [0.4, 0.5) is 10.1 Å². The largest absolute Gasteiger partial charge is 0.378 e. The summed E-state index contributed by atoms with van der Waals surface area (Å²) in [6.07, 6.45) is 0. The lowest BCUT2D eigenvalue weighted by atomic mass is 10.1. The van der Waals surface area contributed by atoms with Crippen LogP contribution in [-0.2, 0) is 11.3 Å². The molecule has 0 radical (unpaired) electrons. The molecule has 1 saturated heterocycles. The lowest BCUT2D eigenvalue weighted by Gasteiger charge is -2.27. The van der Waals surface area contributed by atoms with Crippen molar-refractivity contribution in [3.8, 4) is 0 Å². The number of hydrogen-bond donors (Lipinski definition) is 1. The molecule has 166 valence electrons. The van der Waals surface area contributed by atoms with E-state index in [-0.39, 0.29) is 22.4 Å². The highest BCUT2D eigenvalue weighted by molar-refractivity contribution is 6.33. The van der Waals surface area contributed by atoms with Gasteiger partial charge >= 0.3 is 0 Å². The van der Waals surface area contributed by atoms with Gasteiger partial charge in [0.2, 0.25) is 0 Å². The van der Waals surface area contributed by atoms with Gasteiger partial charge in [0.05, 0.1) is 42.3 Å². The number of carbonyl (C=O) groups excluding carboxylic acids is 2. The van der Waals surface area contributed by atoms with Gasteiger partial charge in [0, 0.05) is 13.1 Å². The van der Waals surface area contributed by atoms with Gasteiger partial charge in [-0.05, 0) is 36.8 Å². The number of aryl methyl sites for hydroxylation is 1. The molecule has 2 heterocycles. The maximum atomic E-state index is 13.2. The smallest absolute Gasteiger partial charge is 0.260 e. The first-order valence-electron chi connectivity index (χ1n) is 10.2. The first-order chi connectivity index (χ1) is 15.4. The molecule has 7 nitrogen and oxygen atoms in total. The molecular weight excluding hydrogens is 435 g/mol. The highest BCUT2D eigenvalue weighted by Crippen LogP contribution is 2.24. The lowest BCUT2D eigenvalue weighted by molar-refractivity contribution is 0.0303. The van der Waals surface area contributed by atoms with E-state index in [1.54, 1.807) is 48.2 Å². The molecule has 0 bridgehead atoms. The van der Waals surface area contributed by atoms with E-state index < -0.39 is 5.91 Å². The monoisotopic (exact) mass is 456 g/mol. The van der Waals surface area contributed by atoms with E-state index in [1.807, 2.05) is 0 Å². The maximum absolute atomic E-state index is 13.2. The molecule has 9 heteroatoms. The Kier molecular flexibility index (Phi) is 6.53. The number of benzene rings is 2. The summed E-state index contributed by atoms with van der Waals surface area (Å²) in [5.41, 5.74) is 2.27. The zero-order valence-electron chi connectivity index (χ0n) is 17.5. The van der Waals surface area contributed by atoms with Crippen molar-refractivity contribution in [2.24, 2.45) is 0 Å². The number of ether oxygens (including phenoxy) is 1. The number of hydrogen-bond acceptors (Lipinski definition) is 4. The van der Waals surface area contributed by atoms with Crippen molar-refractivity contribution < 1.29 is 18.7 Å². The summed E-state index contributed by atoms with van der Waals surface area (Å²) in [6.45, 7) is 3.96. The number of para-hydroxylation sites is 1. The molecule has 0 atom stereocenters. The Balaban J connectivity index is 1.55. The number of nitrogens with one attached hydrogen (secondary N) is 1. The molecule has 1 fully saturated rings. The second-order valence-corrected chi connectivity index (χ2v) is 7.80. The number of nitrogens with zero attached hydrogens (tertiary/aromatic N) is 3. The zero-order valence-corrected chi connectivity index (χ0v) is 18.2. The molecule has 1 N–H and O–H groups in total. The van der Waals surface area contributed by atoms with E-state index in [1.165, 1.54) is 16.8 Å². The standard InChI is InChI=1S/C23H22ClFN4O3/c1-15-20(21(24)29(27-15)14-16-6-8-17(25)9-7-16)22(30)26-19-5-3-2-4-18(19)23(31)28-10-12-32-13-11-28/h2-9H,10-14H2,1H3,(H,26,30). The van der Waals surface area contributed by atoms with Crippen molar-refractivity contribution in [2.75, 3.05) is 31.6 Å². The van der Waals surface area contributed by atoms with Crippen LogP contribution in [0.2, 0.25) is 5.15 Å². The van der Waals surface area contributed by atoms with Gasteiger partial charge in [0.1, 0.15) is 11.0 Å². The Morgan fingerprint density at radius 1 is 1.12 bits per heavy atom. The van der Waals surface area contributed by atoms with E-state index in [0.29, 0.717) is 49.8 Å². The highest BCUT2D eigenvalue weighted by Gasteiger charge is 2.24. The van der Waals surface area contributed by atoms with Crippen molar-refractivity contribution in [1.82, 2.24) is 14.7 Å². The van der Waals surface area contributed by atoms with Crippen LogP contribution < -0.4 is 5.32 Å². The molecule has 1 aromatic heterocycles. The van der Waals surface area contributed by atoms with Gasteiger partial charge in [-0.15, -0.1) is 0 Å². The second-order valence-electron chi connectivity index (χ2n) is 7.44. The summed E-state index contributed by atoms with van der Waals surface area (Å²) in [5.74, 6) is -0.957. The fraction of sp³-hybridized carbons (Fsp3) is 0.261. The molecule has 0 aliphatic carbocycles. The third-order valence-electron chi connectivity index (χ3n) is 5.24. The first kappa shape index (κ1) is 22.0. The van der Waals surface area contributed by atoms with Crippen LogP contribution >= 0.6 is 11.6 Å². The SMILES string of the molecule is Cc1nn(Cc2ccc(F)cc2)c(Cl)c1C(=O)Nc1ccccc1C(=O)N1CCOCC1. The molecule has 3 aromatic rings. The number of amides is 2. The van der Waals surface area contributed by atoms with Gasteiger partial charge < -0.3 is 15.0 Å². The maximum Gasteiger partial charge on any atom is 0.260 e. The average molecular weight is 457 g/mol. The molecule has 1 aliphatic heterocycles. The molecule has 4 rings (SSSR count). The van der Waals surface area contributed by atoms with E-state index in [0.717, 1.165) is 5.56 Å². The normalized spacial score (nSPS) is 13.8. The van der Waals surface area contributed by atoms with E-state index >= 15 is 0 Å². The van der Waals surface area contributed by atoms with Crippen LogP contribution in [0.5, 0.6) is 0 Å². The number of aromatic nitrogens is 2. The van der Waals surface area contributed by atoms with Gasteiger partial charge in [-0.3, -0.25) is 9.59 Å². The topological polar surface area (TPSA) is 76.5 Å². The minimum atomic E-state index is -0.458. The van der Waals surface area contributed by atoms with E-state index in [9.17, 15) is 14.0 Å².